The van der Waals surface area contributed by atoms with E-state index in [0.29, 0.717) is 5.56 Å². The van der Waals surface area contributed by atoms with Crippen molar-refractivity contribution in [1.29, 1.82) is 0 Å². The van der Waals surface area contributed by atoms with Gasteiger partial charge in [-0.15, -0.1) is 0 Å². The molecule has 6 nitrogen and oxygen atoms in total. The second-order valence-corrected chi connectivity index (χ2v) is 4.08. The van der Waals surface area contributed by atoms with E-state index in [1.807, 2.05) is 0 Å². The molecular formula is C12H18O6. The Labute approximate surface area is 104 Å². The van der Waals surface area contributed by atoms with Crippen LogP contribution in [0.2, 0.25) is 0 Å². The van der Waals surface area contributed by atoms with Crippen molar-refractivity contribution in [2.24, 2.45) is 0 Å². The molecule has 0 fully saturated rings. The Bertz CT molecular complexity index is 344. The zero-order chi connectivity index (χ0) is 13.7. The fraction of sp³-hybridized carbons (Fsp3) is 0.500. The number of rotatable bonds is 6. The lowest BCUT2D eigenvalue weighted by molar-refractivity contribution is -0.141. The van der Waals surface area contributed by atoms with Gasteiger partial charge in [0.15, 0.2) is 0 Å². The van der Waals surface area contributed by atoms with Gasteiger partial charge in [0.1, 0.15) is 30.5 Å². The van der Waals surface area contributed by atoms with Crippen LogP contribution in [0.4, 0.5) is 0 Å². The van der Waals surface area contributed by atoms with E-state index in [0.717, 1.165) is 0 Å². The minimum Gasteiger partial charge on any atom is -0.394 e. The standard InChI is InChI=1S/C12H18O6/c13-6-8(14)10(16)12(18)11(17)9(15)7-4-2-1-3-5-7/h1-5,8-18H,6H2/t8-,9?,10-,11-,12+/m1/s1. The minimum atomic E-state index is -1.78. The predicted molar refractivity (Wildman–Crippen MR) is 62.5 cm³/mol. The maximum absolute atomic E-state index is 9.80. The van der Waals surface area contributed by atoms with Gasteiger partial charge in [-0.1, -0.05) is 30.3 Å². The molecule has 0 saturated carbocycles. The van der Waals surface area contributed by atoms with Crippen LogP contribution in [0.3, 0.4) is 0 Å². The van der Waals surface area contributed by atoms with Crippen molar-refractivity contribution >= 4 is 0 Å². The molecule has 102 valence electrons. The molecule has 0 heterocycles. The second kappa shape index (κ2) is 6.79. The minimum absolute atomic E-state index is 0.370. The molecule has 1 aromatic rings. The van der Waals surface area contributed by atoms with Gasteiger partial charge in [-0.2, -0.15) is 0 Å². The number of hydrogen-bond acceptors (Lipinski definition) is 6. The van der Waals surface area contributed by atoms with E-state index in [-0.39, 0.29) is 0 Å². The third kappa shape index (κ3) is 3.49. The van der Waals surface area contributed by atoms with E-state index in [2.05, 4.69) is 0 Å². The topological polar surface area (TPSA) is 121 Å². The lowest BCUT2D eigenvalue weighted by atomic mass is 9.95. The highest BCUT2D eigenvalue weighted by Gasteiger charge is 2.34. The van der Waals surface area contributed by atoms with Gasteiger partial charge >= 0.3 is 0 Å². The van der Waals surface area contributed by atoms with Crippen LogP contribution in [0.5, 0.6) is 0 Å². The molecule has 5 atom stereocenters. The van der Waals surface area contributed by atoms with Gasteiger partial charge in [0.05, 0.1) is 6.61 Å². The summed E-state index contributed by atoms with van der Waals surface area (Å²) in [6.07, 6.45) is -8.19. The largest absolute Gasteiger partial charge is 0.394 e. The molecule has 6 heteroatoms. The van der Waals surface area contributed by atoms with Gasteiger partial charge in [-0.25, -0.2) is 0 Å². The summed E-state index contributed by atoms with van der Waals surface area (Å²) in [7, 11) is 0. The maximum atomic E-state index is 9.80. The molecule has 18 heavy (non-hydrogen) atoms. The van der Waals surface area contributed by atoms with E-state index < -0.39 is 37.1 Å². The van der Waals surface area contributed by atoms with Crippen LogP contribution in [0.25, 0.3) is 0 Å². The molecule has 0 saturated heterocycles. The summed E-state index contributed by atoms with van der Waals surface area (Å²) in [6, 6.07) is 8.13. The molecule has 0 aromatic heterocycles. The molecule has 0 aliphatic carbocycles. The number of aliphatic hydroxyl groups excluding tert-OH is 6. The second-order valence-electron chi connectivity index (χ2n) is 4.08. The van der Waals surface area contributed by atoms with Crippen LogP contribution < -0.4 is 0 Å². The third-order valence-corrected chi connectivity index (χ3v) is 2.75. The van der Waals surface area contributed by atoms with E-state index in [1.54, 1.807) is 30.3 Å². The molecule has 1 rings (SSSR count). The Morgan fingerprint density at radius 3 is 1.83 bits per heavy atom. The summed E-state index contributed by atoms with van der Waals surface area (Å²) in [4.78, 5) is 0. The van der Waals surface area contributed by atoms with Crippen molar-refractivity contribution in [3.63, 3.8) is 0 Å². The molecule has 1 aromatic carbocycles. The number of benzene rings is 1. The van der Waals surface area contributed by atoms with Crippen LogP contribution in [0, 0.1) is 0 Å². The monoisotopic (exact) mass is 258 g/mol. The van der Waals surface area contributed by atoms with Crippen LogP contribution in [0.1, 0.15) is 11.7 Å². The Kier molecular flexibility index (Phi) is 5.67. The molecule has 0 aliphatic rings. The predicted octanol–water partition coefficient (Wildman–Crippen LogP) is -1.84. The van der Waals surface area contributed by atoms with Crippen molar-refractivity contribution in [3.05, 3.63) is 35.9 Å². The summed E-state index contributed by atoms with van der Waals surface area (Å²) in [6.45, 7) is -0.758. The van der Waals surface area contributed by atoms with Crippen LogP contribution in [-0.2, 0) is 0 Å². The first kappa shape index (κ1) is 15.0. The molecule has 0 aliphatic heterocycles. The molecular weight excluding hydrogens is 240 g/mol. The van der Waals surface area contributed by atoms with Crippen LogP contribution >= 0.6 is 0 Å². The SMILES string of the molecule is OC[C@@H](O)[C@@H](O)[C@H](O)[C@H](O)C(O)c1ccccc1. The quantitative estimate of drug-likeness (QED) is 0.356. The Morgan fingerprint density at radius 1 is 0.778 bits per heavy atom. The fourth-order valence-electron chi connectivity index (χ4n) is 1.57. The fourth-order valence-corrected chi connectivity index (χ4v) is 1.57. The summed E-state index contributed by atoms with van der Waals surface area (Å²) >= 11 is 0. The van der Waals surface area contributed by atoms with Crippen molar-refractivity contribution in [2.75, 3.05) is 6.61 Å². The molecule has 6 N–H and O–H groups in total. The first-order chi connectivity index (χ1) is 8.49. The molecule has 0 amide bonds. The van der Waals surface area contributed by atoms with Crippen LogP contribution in [0.15, 0.2) is 30.3 Å². The third-order valence-electron chi connectivity index (χ3n) is 2.75. The molecule has 0 spiro atoms. The first-order valence-corrected chi connectivity index (χ1v) is 5.55. The van der Waals surface area contributed by atoms with Gasteiger partial charge in [-0.05, 0) is 5.56 Å². The highest BCUT2D eigenvalue weighted by Crippen LogP contribution is 2.20. The zero-order valence-electron chi connectivity index (χ0n) is 9.66. The Hall–Kier alpha value is -1.02. The summed E-state index contributed by atoms with van der Waals surface area (Å²) in [5.41, 5.74) is 0.370. The summed E-state index contributed by atoms with van der Waals surface area (Å²) in [5.74, 6) is 0. The van der Waals surface area contributed by atoms with Crippen molar-refractivity contribution < 1.29 is 30.6 Å². The van der Waals surface area contributed by atoms with Gasteiger partial charge in [-0.3, -0.25) is 0 Å². The highest BCUT2D eigenvalue weighted by molar-refractivity contribution is 5.18. The van der Waals surface area contributed by atoms with E-state index in [4.69, 9.17) is 10.2 Å². The smallest absolute Gasteiger partial charge is 0.113 e. The first-order valence-electron chi connectivity index (χ1n) is 5.55. The van der Waals surface area contributed by atoms with Crippen molar-refractivity contribution in [3.8, 4) is 0 Å². The Balaban J connectivity index is 2.72. The molecule has 0 radical (unpaired) electrons. The molecule has 0 bridgehead atoms. The average Bonchev–Trinajstić information content (AvgIpc) is 2.44. The van der Waals surface area contributed by atoms with Gasteiger partial charge in [0.2, 0.25) is 0 Å². The lowest BCUT2D eigenvalue weighted by Crippen LogP contribution is -2.47. The van der Waals surface area contributed by atoms with Crippen molar-refractivity contribution in [1.82, 2.24) is 0 Å². The summed E-state index contributed by atoms with van der Waals surface area (Å²) < 4.78 is 0. The van der Waals surface area contributed by atoms with E-state index >= 15 is 0 Å². The van der Waals surface area contributed by atoms with Crippen LogP contribution in [-0.4, -0.2) is 61.7 Å². The number of aliphatic hydroxyl groups is 6. The zero-order valence-corrected chi connectivity index (χ0v) is 9.66. The van der Waals surface area contributed by atoms with Gasteiger partial charge < -0.3 is 30.6 Å². The highest BCUT2D eigenvalue weighted by atomic mass is 16.4. The van der Waals surface area contributed by atoms with Crippen molar-refractivity contribution in [2.45, 2.75) is 30.5 Å². The van der Waals surface area contributed by atoms with Gasteiger partial charge in [0, 0.05) is 0 Å². The lowest BCUT2D eigenvalue weighted by Gasteiger charge is -2.28. The maximum Gasteiger partial charge on any atom is 0.113 e. The summed E-state index contributed by atoms with van der Waals surface area (Å²) in [5, 5.41) is 56.3. The molecule has 1 unspecified atom stereocenters. The van der Waals surface area contributed by atoms with E-state index in [1.165, 1.54) is 0 Å². The van der Waals surface area contributed by atoms with E-state index in [9.17, 15) is 20.4 Å². The van der Waals surface area contributed by atoms with Gasteiger partial charge in [0.25, 0.3) is 0 Å². The Morgan fingerprint density at radius 2 is 1.33 bits per heavy atom. The average molecular weight is 258 g/mol. The normalized spacial score (nSPS) is 19.9. The number of hydrogen-bond donors (Lipinski definition) is 6.